The Kier molecular flexibility index (Phi) is 13.0. The Morgan fingerprint density at radius 3 is 2.49 bits per heavy atom. The molecule has 0 radical (unpaired) electrons. The number of carbonyl (C=O) groups is 1. The molecule has 0 bridgehead atoms. The van der Waals surface area contributed by atoms with Crippen molar-refractivity contribution in [1.82, 2.24) is 10.2 Å². The van der Waals surface area contributed by atoms with Crippen LogP contribution in [0.15, 0.2) is 24.3 Å². The number of piperidine rings is 1. The highest BCUT2D eigenvalue weighted by Crippen LogP contribution is 2.24. The summed E-state index contributed by atoms with van der Waals surface area (Å²) in [6.45, 7) is 11.1. The number of β-amino-alcohol motifs (C(OH)–C–C–N with tert-alkyl or cyclic N) is 1. The Bertz CT molecular complexity index is 735. The molecular formula is C28H49N3O4. The van der Waals surface area contributed by atoms with Crippen molar-refractivity contribution in [2.24, 2.45) is 17.6 Å². The maximum absolute atomic E-state index is 13.0. The summed E-state index contributed by atoms with van der Waals surface area (Å²) in [5.74, 6) is 0.948. The zero-order valence-electron chi connectivity index (χ0n) is 22.5. The smallest absolute Gasteiger partial charge is 0.255 e. The Labute approximate surface area is 212 Å². The molecule has 1 aromatic rings. The maximum atomic E-state index is 13.0. The predicted molar refractivity (Wildman–Crippen MR) is 142 cm³/mol. The van der Waals surface area contributed by atoms with Gasteiger partial charge in [-0.15, -0.1) is 0 Å². The molecule has 7 heteroatoms. The molecule has 1 aromatic carbocycles. The number of aliphatic hydroxyl groups is 1. The van der Waals surface area contributed by atoms with E-state index in [4.69, 9.17) is 15.2 Å². The van der Waals surface area contributed by atoms with Crippen molar-refractivity contribution in [2.45, 2.75) is 90.4 Å². The van der Waals surface area contributed by atoms with E-state index < -0.39 is 6.10 Å². The van der Waals surface area contributed by atoms with Crippen molar-refractivity contribution < 1.29 is 19.4 Å². The lowest BCUT2D eigenvalue weighted by molar-refractivity contribution is 0.0261. The number of carbonyl (C=O) groups excluding carboxylic acids is 1. The van der Waals surface area contributed by atoms with Gasteiger partial charge in [0.25, 0.3) is 5.91 Å². The fourth-order valence-electron chi connectivity index (χ4n) is 4.91. The minimum atomic E-state index is -0.581. The van der Waals surface area contributed by atoms with Gasteiger partial charge in [-0.05, 0) is 69.9 Å². The molecule has 0 saturated carbocycles. The monoisotopic (exact) mass is 491 g/mol. The van der Waals surface area contributed by atoms with Gasteiger partial charge in [0.15, 0.2) is 0 Å². The van der Waals surface area contributed by atoms with Crippen LogP contribution in [0.25, 0.3) is 0 Å². The average molecular weight is 492 g/mol. The van der Waals surface area contributed by atoms with E-state index in [-0.39, 0.29) is 17.9 Å². The van der Waals surface area contributed by atoms with Gasteiger partial charge >= 0.3 is 0 Å². The number of hydrogen-bond donors (Lipinski definition) is 3. The quantitative estimate of drug-likeness (QED) is 0.323. The number of nitrogens with zero attached hydrogens (tertiary/aromatic N) is 1. The first kappa shape index (κ1) is 29.6. The number of hydrogen-bond acceptors (Lipinski definition) is 6. The number of benzene rings is 1. The molecule has 1 aliphatic rings. The molecule has 1 saturated heterocycles. The summed E-state index contributed by atoms with van der Waals surface area (Å²) in [6.07, 6.45) is 5.46. The van der Waals surface area contributed by atoms with Crippen LogP contribution in [-0.2, 0) is 4.74 Å². The zero-order valence-corrected chi connectivity index (χ0v) is 22.5. The van der Waals surface area contributed by atoms with E-state index >= 15 is 0 Å². The molecule has 1 aliphatic heterocycles. The fraction of sp³-hybridized carbons (Fsp3) is 0.750. The number of nitrogens with two attached hydrogens (primary N) is 1. The number of unbranched alkanes of at least 4 members (excludes halogenated alkanes) is 1. The summed E-state index contributed by atoms with van der Waals surface area (Å²) < 4.78 is 10.9. The number of ether oxygens (including phenoxy) is 2. The van der Waals surface area contributed by atoms with Crippen LogP contribution >= 0.6 is 0 Å². The summed E-state index contributed by atoms with van der Waals surface area (Å²) >= 11 is 0. The minimum absolute atomic E-state index is 0.145. The van der Waals surface area contributed by atoms with Gasteiger partial charge in [0, 0.05) is 44.9 Å². The van der Waals surface area contributed by atoms with Crippen LogP contribution in [0.3, 0.4) is 0 Å². The van der Waals surface area contributed by atoms with Crippen LogP contribution in [0, 0.1) is 11.8 Å². The Morgan fingerprint density at radius 1 is 1.17 bits per heavy atom. The number of amides is 1. The van der Waals surface area contributed by atoms with E-state index in [0.717, 1.165) is 12.8 Å². The van der Waals surface area contributed by atoms with E-state index in [2.05, 4.69) is 37.9 Å². The highest BCUT2D eigenvalue weighted by atomic mass is 16.5. The molecule has 0 aliphatic carbocycles. The SMILES string of the molecule is COCCCCOc1ccccc1C(=O)NC[C@@H](C[C@H](N)[C@@H](O)CN1[C@H](C)CCC[C@@H]1C)C(C)C. The molecule has 1 amide bonds. The Morgan fingerprint density at radius 2 is 1.83 bits per heavy atom. The lowest BCUT2D eigenvalue weighted by atomic mass is 9.87. The number of aliphatic hydroxyl groups excluding tert-OH is 1. The third kappa shape index (κ3) is 9.71. The van der Waals surface area contributed by atoms with E-state index in [1.165, 1.54) is 19.3 Å². The van der Waals surface area contributed by atoms with Gasteiger partial charge in [0.1, 0.15) is 5.75 Å². The molecule has 4 N–H and O–H groups in total. The highest BCUT2D eigenvalue weighted by molar-refractivity contribution is 5.96. The maximum Gasteiger partial charge on any atom is 0.255 e. The molecule has 0 unspecified atom stereocenters. The summed E-state index contributed by atoms with van der Waals surface area (Å²) in [6, 6.07) is 7.97. The number of rotatable bonds is 15. The fourth-order valence-corrected chi connectivity index (χ4v) is 4.91. The molecule has 0 spiro atoms. The van der Waals surface area contributed by atoms with Crippen LogP contribution in [0.2, 0.25) is 0 Å². The molecule has 1 heterocycles. The summed E-state index contributed by atoms with van der Waals surface area (Å²) in [5, 5.41) is 14.0. The lowest BCUT2D eigenvalue weighted by Gasteiger charge is -2.41. The van der Waals surface area contributed by atoms with Crippen LogP contribution < -0.4 is 15.8 Å². The summed E-state index contributed by atoms with van der Waals surface area (Å²) in [5.41, 5.74) is 7.02. The van der Waals surface area contributed by atoms with E-state index in [0.29, 0.717) is 62.0 Å². The first-order chi connectivity index (χ1) is 16.7. The van der Waals surface area contributed by atoms with Crippen molar-refractivity contribution in [1.29, 1.82) is 0 Å². The van der Waals surface area contributed by atoms with Crippen LogP contribution in [0.1, 0.15) is 76.6 Å². The molecule has 0 aromatic heterocycles. The summed E-state index contributed by atoms with van der Waals surface area (Å²) in [4.78, 5) is 15.4. The highest BCUT2D eigenvalue weighted by Gasteiger charge is 2.30. The third-order valence-electron chi connectivity index (χ3n) is 7.44. The molecule has 1 fully saturated rings. The van der Waals surface area contributed by atoms with Gasteiger partial charge in [-0.1, -0.05) is 32.4 Å². The van der Waals surface area contributed by atoms with Gasteiger partial charge in [-0.3, -0.25) is 9.69 Å². The number of nitrogens with one attached hydrogen (secondary N) is 1. The lowest BCUT2D eigenvalue weighted by Crippen LogP contribution is -2.52. The molecule has 200 valence electrons. The molecule has 7 nitrogen and oxygen atoms in total. The van der Waals surface area contributed by atoms with Gasteiger partial charge in [-0.2, -0.15) is 0 Å². The van der Waals surface area contributed by atoms with Crippen LogP contribution in [0.4, 0.5) is 0 Å². The summed E-state index contributed by atoms with van der Waals surface area (Å²) in [7, 11) is 1.69. The van der Waals surface area contributed by atoms with Gasteiger partial charge in [0.05, 0.1) is 18.3 Å². The van der Waals surface area contributed by atoms with Crippen LogP contribution in [-0.4, -0.2) is 73.6 Å². The first-order valence-corrected chi connectivity index (χ1v) is 13.4. The van der Waals surface area contributed by atoms with Gasteiger partial charge in [0.2, 0.25) is 0 Å². The second-order valence-electron chi connectivity index (χ2n) is 10.6. The van der Waals surface area contributed by atoms with Crippen molar-refractivity contribution in [3.63, 3.8) is 0 Å². The Hall–Kier alpha value is -1.67. The van der Waals surface area contributed by atoms with Crippen molar-refractivity contribution in [2.75, 3.05) is 33.4 Å². The van der Waals surface area contributed by atoms with Gasteiger partial charge in [-0.25, -0.2) is 0 Å². The topological polar surface area (TPSA) is 97.0 Å². The first-order valence-electron chi connectivity index (χ1n) is 13.4. The second-order valence-corrected chi connectivity index (χ2v) is 10.6. The van der Waals surface area contributed by atoms with Crippen LogP contribution in [0.5, 0.6) is 5.75 Å². The van der Waals surface area contributed by atoms with Crippen molar-refractivity contribution >= 4 is 5.91 Å². The molecule has 5 atom stereocenters. The standard InChI is InChI=1S/C28H49N3O4/c1-20(2)23(17-25(29)26(32)19-31-21(3)11-10-12-22(31)4)18-30-28(33)24-13-6-7-14-27(24)35-16-9-8-15-34-5/h6-7,13-14,20-23,25-26,32H,8-12,15-19,29H2,1-5H3,(H,30,33)/t21-,22+,23-,25+,26+/m1/s1. The number of likely N-dealkylation sites (tertiary alicyclic amines) is 1. The van der Waals surface area contributed by atoms with E-state index in [9.17, 15) is 9.90 Å². The Balaban J connectivity index is 1.89. The minimum Gasteiger partial charge on any atom is -0.493 e. The molecule has 35 heavy (non-hydrogen) atoms. The molecular weight excluding hydrogens is 442 g/mol. The largest absolute Gasteiger partial charge is 0.493 e. The normalized spacial score (nSPS) is 21.5. The third-order valence-corrected chi connectivity index (χ3v) is 7.44. The second kappa shape index (κ2) is 15.4. The van der Waals surface area contributed by atoms with Crippen molar-refractivity contribution in [3.8, 4) is 5.75 Å². The number of methoxy groups -OCH3 is 1. The van der Waals surface area contributed by atoms with E-state index in [1.807, 2.05) is 18.2 Å². The average Bonchev–Trinajstić information content (AvgIpc) is 2.83. The molecule has 2 rings (SSSR count). The predicted octanol–water partition coefficient (Wildman–Crippen LogP) is 3.84. The van der Waals surface area contributed by atoms with Crippen molar-refractivity contribution in [3.05, 3.63) is 29.8 Å². The number of para-hydroxylation sites is 1. The van der Waals surface area contributed by atoms with E-state index in [1.54, 1.807) is 13.2 Å². The van der Waals surface area contributed by atoms with Gasteiger partial charge < -0.3 is 25.6 Å². The zero-order chi connectivity index (χ0) is 25.8.